The summed E-state index contributed by atoms with van der Waals surface area (Å²) in [5.74, 6) is 0. The van der Waals surface area contributed by atoms with Crippen LogP contribution in [0.3, 0.4) is 0 Å². The first-order valence-electron chi connectivity index (χ1n) is 7.64. The largest absolute Gasteiger partial charge is 0.593 e. The molecule has 1 aromatic rings. The maximum Gasteiger partial charge on any atom is 0.524 e. The Bertz CT molecular complexity index is 809. The van der Waals surface area contributed by atoms with Gasteiger partial charge in [0, 0.05) is 13.1 Å². The molecule has 1 saturated heterocycles. The van der Waals surface area contributed by atoms with Gasteiger partial charge in [0.25, 0.3) is 0 Å². The molecule has 0 saturated carbocycles. The SMILES string of the molecule is O=S(=O)(OS(=O)(=O)C(F)(F)F)C(F)(F)F.[O-][S+](c1ccccc1)N1CCCCC1. The van der Waals surface area contributed by atoms with Gasteiger partial charge in [-0.15, -0.1) is 7.93 Å². The summed E-state index contributed by atoms with van der Waals surface area (Å²) in [6, 6.07) is 9.71. The van der Waals surface area contributed by atoms with E-state index in [1.165, 1.54) is 19.3 Å². The van der Waals surface area contributed by atoms with Crippen molar-refractivity contribution in [1.82, 2.24) is 4.31 Å². The molecule has 1 fully saturated rings. The van der Waals surface area contributed by atoms with Crippen molar-refractivity contribution in [2.45, 2.75) is 35.2 Å². The van der Waals surface area contributed by atoms with E-state index in [1.807, 2.05) is 34.0 Å². The average molecular weight is 491 g/mol. The van der Waals surface area contributed by atoms with E-state index in [0.717, 1.165) is 18.0 Å². The van der Waals surface area contributed by atoms with Crippen LogP contribution in [-0.4, -0.2) is 49.8 Å². The summed E-state index contributed by atoms with van der Waals surface area (Å²) in [5, 5.41) is 0. The Morgan fingerprint density at radius 1 is 0.828 bits per heavy atom. The Labute approximate surface area is 166 Å². The van der Waals surface area contributed by atoms with Gasteiger partial charge in [0.05, 0.1) is 11.4 Å². The molecule has 2 rings (SSSR count). The summed E-state index contributed by atoms with van der Waals surface area (Å²) in [4.78, 5) is 0.925. The van der Waals surface area contributed by atoms with E-state index in [-0.39, 0.29) is 0 Å². The first-order valence-corrected chi connectivity index (χ1v) is 11.6. The van der Waals surface area contributed by atoms with Crippen molar-refractivity contribution in [1.29, 1.82) is 0 Å². The van der Waals surface area contributed by atoms with Gasteiger partial charge in [-0.05, 0) is 25.0 Å². The molecule has 1 heterocycles. The number of benzene rings is 1. The van der Waals surface area contributed by atoms with Gasteiger partial charge in [-0.1, -0.05) is 24.6 Å². The third kappa shape index (κ3) is 7.60. The molecule has 0 bridgehead atoms. The molecular formula is C13H15F6NO6S3. The Hall–Kier alpha value is -1.07. The first kappa shape index (κ1) is 26.0. The van der Waals surface area contributed by atoms with E-state index in [4.69, 9.17) is 0 Å². The summed E-state index contributed by atoms with van der Waals surface area (Å²) in [6.07, 6.45) is 3.64. The van der Waals surface area contributed by atoms with Crippen molar-refractivity contribution < 1.29 is 51.4 Å². The minimum absolute atomic E-state index is 0.925. The van der Waals surface area contributed by atoms with Crippen LogP contribution in [0.4, 0.5) is 26.3 Å². The Balaban J connectivity index is 0.000000290. The molecule has 168 valence electrons. The van der Waals surface area contributed by atoms with Crippen LogP contribution in [0.15, 0.2) is 35.2 Å². The highest BCUT2D eigenvalue weighted by atomic mass is 32.3. The van der Waals surface area contributed by atoms with E-state index in [1.54, 1.807) is 0 Å². The van der Waals surface area contributed by atoms with Crippen LogP contribution in [0.1, 0.15) is 19.3 Å². The lowest BCUT2D eigenvalue weighted by Crippen LogP contribution is -2.35. The fourth-order valence-electron chi connectivity index (χ4n) is 1.91. The Morgan fingerprint density at radius 2 is 1.24 bits per heavy atom. The normalized spacial score (nSPS) is 17.9. The lowest BCUT2D eigenvalue weighted by atomic mass is 10.2. The van der Waals surface area contributed by atoms with Gasteiger partial charge in [0.2, 0.25) is 0 Å². The molecule has 1 aromatic carbocycles. The summed E-state index contributed by atoms with van der Waals surface area (Å²) >= 11 is -0.937. The van der Waals surface area contributed by atoms with Gasteiger partial charge in [-0.25, -0.2) is 0 Å². The van der Waals surface area contributed by atoms with Gasteiger partial charge < -0.3 is 4.55 Å². The molecule has 7 nitrogen and oxygen atoms in total. The van der Waals surface area contributed by atoms with Crippen molar-refractivity contribution in [3.63, 3.8) is 0 Å². The molecule has 1 atom stereocenters. The van der Waals surface area contributed by atoms with Crippen molar-refractivity contribution >= 4 is 31.6 Å². The average Bonchev–Trinajstić information content (AvgIpc) is 2.60. The zero-order chi connectivity index (χ0) is 22.5. The molecule has 0 aromatic heterocycles. The maximum atomic E-state index is 12.0. The molecule has 0 amide bonds. The van der Waals surface area contributed by atoms with Crippen LogP contribution in [0.5, 0.6) is 0 Å². The van der Waals surface area contributed by atoms with Crippen molar-refractivity contribution in [3.05, 3.63) is 30.3 Å². The lowest BCUT2D eigenvalue weighted by Gasteiger charge is -2.26. The maximum absolute atomic E-state index is 12.0. The van der Waals surface area contributed by atoms with Crippen molar-refractivity contribution in [2.75, 3.05) is 13.1 Å². The van der Waals surface area contributed by atoms with Gasteiger partial charge >= 0.3 is 31.3 Å². The van der Waals surface area contributed by atoms with Crippen molar-refractivity contribution in [3.8, 4) is 0 Å². The molecule has 0 spiro atoms. The van der Waals surface area contributed by atoms with E-state index in [9.17, 15) is 47.7 Å². The van der Waals surface area contributed by atoms with Crippen LogP contribution in [0.25, 0.3) is 0 Å². The Morgan fingerprint density at radius 3 is 1.62 bits per heavy atom. The second kappa shape index (κ2) is 9.82. The lowest BCUT2D eigenvalue weighted by molar-refractivity contribution is -0.0585. The highest BCUT2D eigenvalue weighted by Crippen LogP contribution is 2.32. The molecule has 1 aliphatic rings. The molecule has 0 N–H and O–H groups in total. The van der Waals surface area contributed by atoms with Crippen LogP contribution in [0.2, 0.25) is 0 Å². The van der Waals surface area contributed by atoms with E-state index in [0.29, 0.717) is 0 Å². The third-order valence-corrected chi connectivity index (χ3v) is 7.32. The Kier molecular flexibility index (Phi) is 8.80. The second-order valence-corrected chi connectivity index (χ2v) is 10.2. The summed E-state index contributed by atoms with van der Waals surface area (Å²) in [5.41, 5.74) is -12.5. The quantitative estimate of drug-likeness (QED) is 0.362. The van der Waals surface area contributed by atoms with Gasteiger partial charge in [0.1, 0.15) is 0 Å². The fraction of sp³-hybridized carbons (Fsp3) is 0.538. The monoisotopic (exact) mass is 491 g/mol. The predicted molar refractivity (Wildman–Crippen MR) is 89.3 cm³/mol. The van der Waals surface area contributed by atoms with Gasteiger partial charge in [-0.2, -0.15) is 43.2 Å². The number of halogens is 6. The van der Waals surface area contributed by atoms with Crippen LogP contribution in [-0.2, 0) is 35.2 Å². The molecule has 0 radical (unpaired) electrons. The highest BCUT2D eigenvalue weighted by molar-refractivity contribution is 8.00. The molecule has 29 heavy (non-hydrogen) atoms. The molecule has 1 unspecified atom stereocenters. The molecular weight excluding hydrogens is 476 g/mol. The number of rotatable bonds is 4. The van der Waals surface area contributed by atoms with Crippen LogP contribution < -0.4 is 0 Å². The summed E-state index contributed by atoms with van der Waals surface area (Å²) < 4.78 is 124. The smallest absolute Gasteiger partial charge is 0.524 e. The predicted octanol–water partition coefficient (Wildman–Crippen LogP) is 2.90. The minimum Gasteiger partial charge on any atom is -0.593 e. The molecule has 1 aliphatic heterocycles. The number of alkyl halides is 6. The summed E-state index contributed by atoms with van der Waals surface area (Å²) in [6.45, 7) is 1.95. The zero-order valence-electron chi connectivity index (χ0n) is 14.3. The zero-order valence-corrected chi connectivity index (χ0v) is 16.8. The first-order chi connectivity index (χ1) is 13.1. The standard InChI is InChI=1S/C11H15NOS.C2F6O5S2/c13-14(11-7-3-1-4-8-11)12-9-5-2-6-10-12;3-1(4,5)14(9,10)13-15(11,12)2(6,7)8/h1,3-4,7-8H,2,5-6,9-10H2;. The fourth-order valence-corrected chi connectivity index (χ4v) is 4.75. The summed E-state index contributed by atoms with van der Waals surface area (Å²) in [7, 11) is -13.7. The second-order valence-electron chi connectivity index (χ2n) is 5.42. The number of hydrogen-bond donors (Lipinski definition) is 0. The number of hydrogen-bond acceptors (Lipinski definition) is 7. The molecule has 0 aliphatic carbocycles. The van der Waals surface area contributed by atoms with E-state index >= 15 is 0 Å². The van der Waals surface area contributed by atoms with Gasteiger partial charge in [-0.3, -0.25) is 0 Å². The van der Waals surface area contributed by atoms with Crippen LogP contribution in [0, 0.1) is 0 Å². The third-order valence-electron chi connectivity index (χ3n) is 3.24. The number of piperidine rings is 1. The number of nitrogens with zero attached hydrogens (tertiary/aromatic N) is 1. The topological polar surface area (TPSA) is 104 Å². The highest BCUT2D eigenvalue weighted by Gasteiger charge is 2.57. The van der Waals surface area contributed by atoms with Gasteiger partial charge in [0.15, 0.2) is 4.90 Å². The van der Waals surface area contributed by atoms with E-state index < -0.39 is 42.6 Å². The van der Waals surface area contributed by atoms with Crippen LogP contribution >= 0.6 is 0 Å². The molecule has 16 heteroatoms. The minimum atomic E-state index is -6.85. The van der Waals surface area contributed by atoms with Crippen molar-refractivity contribution in [2.24, 2.45) is 0 Å². The van der Waals surface area contributed by atoms with E-state index in [2.05, 4.69) is 4.31 Å².